The van der Waals surface area contributed by atoms with Crippen LogP contribution in [-0.2, 0) is 0 Å². The maximum atomic E-state index is 12.6. The van der Waals surface area contributed by atoms with Crippen molar-refractivity contribution in [1.82, 2.24) is 9.80 Å². The summed E-state index contributed by atoms with van der Waals surface area (Å²) in [6.07, 6.45) is 0. The number of thiophene rings is 1. The predicted molar refractivity (Wildman–Crippen MR) is 95.5 cm³/mol. The van der Waals surface area contributed by atoms with Gasteiger partial charge >= 0.3 is 0 Å². The lowest BCUT2D eigenvalue weighted by molar-refractivity contribution is 0.0536. The van der Waals surface area contributed by atoms with Crippen molar-refractivity contribution in [2.45, 2.75) is 6.92 Å². The first-order chi connectivity index (χ1) is 12.0. The van der Waals surface area contributed by atoms with Gasteiger partial charge in [-0.05, 0) is 31.2 Å². The fraction of sp³-hybridized carbons (Fsp3) is 0.333. The number of carbonyl (C=O) groups is 2. The van der Waals surface area contributed by atoms with Crippen LogP contribution in [0, 0.1) is 6.92 Å². The van der Waals surface area contributed by atoms with Crippen LogP contribution in [0.15, 0.2) is 30.3 Å². The van der Waals surface area contributed by atoms with Crippen LogP contribution in [0.25, 0.3) is 0 Å². The Kier molecular flexibility index (Phi) is 4.94. The van der Waals surface area contributed by atoms with E-state index in [0.29, 0.717) is 31.9 Å². The van der Waals surface area contributed by atoms with Gasteiger partial charge in [-0.3, -0.25) is 9.59 Å². The summed E-state index contributed by atoms with van der Waals surface area (Å²) in [5.41, 5.74) is 0.245. The molecule has 2 aromatic rings. The highest BCUT2D eigenvalue weighted by Crippen LogP contribution is 2.25. The van der Waals surface area contributed by atoms with Gasteiger partial charge in [-0.1, -0.05) is 0 Å². The van der Waals surface area contributed by atoms with Crippen LogP contribution in [0.5, 0.6) is 11.5 Å². The predicted octanol–water partition coefficient (Wildman–Crippen LogP) is 2.37. The van der Waals surface area contributed by atoms with E-state index in [-0.39, 0.29) is 23.1 Å². The number of rotatable bonds is 3. The number of carbonyl (C=O) groups excluding carboxylic acids is 2. The zero-order valence-electron chi connectivity index (χ0n) is 14.2. The van der Waals surface area contributed by atoms with E-state index in [4.69, 9.17) is 4.74 Å². The summed E-state index contributed by atoms with van der Waals surface area (Å²) in [5.74, 6) is 0.171. The Morgan fingerprint density at radius 2 is 1.68 bits per heavy atom. The lowest BCUT2D eigenvalue weighted by Gasteiger charge is -2.34. The minimum atomic E-state index is -0.237. The van der Waals surface area contributed by atoms with Gasteiger partial charge in [0.15, 0.2) is 0 Å². The van der Waals surface area contributed by atoms with E-state index >= 15 is 0 Å². The highest BCUT2D eigenvalue weighted by atomic mass is 32.1. The zero-order chi connectivity index (χ0) is 18.0. The van der Waals surface area contributed by atoms with Crippen LogP contribution in [0.1, 0.15) is 24.9 Å². The third-order valence-electron chi connectivity index (χ3n) is 4.24. The molecule has 25 heavy (non-hydrogen) atoms. The van der Waals surface area contributed by atoms with Crippen molar-refractivity contribution in [2.75, 3.05) is 33.3 Å². The Balaban J connectivity index is 1.64. The fourth-order valence-electron chi connectivity index (χ4n) is 2.81. The number of ether oxygens (including phenoxy) is 1. The van der Waals surface area contributed by atoms with Crippen molar-refractivity contribution in [2.24, 2.45) is 0 Å². The summed E-state index contributed by atoms with van der Waals surface area (Å²) < 4.78 is 5.03. The van der Waals surface area contributed by atoms with E-state index in [9.17, 15) is 14.7 Å². The Morgan fingerprint density at radius 3 is 2.20 bits per heavy atom. The van der Waals surface area contributed by atoms with Crippen molar-refractivity contribution < 1.29 is 19.4 Å². The summed E-state index contributed by atoms with van der Waals surface area (Å²) in [4.78, 5) is 30.3. The highest BCUT2D eigenvalue weighted by molar-refractivity contribution is 7.13. The number of hydrogen-bond donors (Lipinski definition) is 1. The summed E-state index contributed by atoms with van der Waals surface area (Å²) in [5, 5.41) is 10.0. The molecule has 132 valence electrons. The number of aromatic hydroxyl groups is 1. The van der Waals surface area contributed by atoms with Crippen LogP contribution in [0.3, 0.4) is 0 Å². The molecule has 0 bridgehead atoms. The molecule has 2 heterocycles. The molecular formula is C18H20N2O4S. The van der Waals surface area contributed by atoms with Gasteiger partial charge in [0, 0.05) is 37.1 Å². The smallest absolute Gasteiger partial charge is 0.264 e. The number of phenolic OH excluding ortho intramolecular Hbond substituents is 1. The molecule has 6 nitrogen and oxygen atoms in total. The lowest BCUT2D eigenvalue weighted by Crippen LogP contribution is -2.50. The van der Waals surface area contributed by atoms with Crippen molar-refractivity contribution in [3.05, 3.63) is 45.6 Å². The second-order valence-corrected chi connectivity index (χ2v) is 7.17. The standard InChI is InChI=1S/C18H20N2O4S/c1-12-3-6-16(25-12)18(23)20-9-7-19(8-10-20)17(22)14-5-4-13(24-2)11-15(14)21/h3-6,11,21H,7-10H2,1-2H3. The minimum absolute atomic E-state index is 0.0116. The molecule has 0 atom stereocenters. The lowest BCUT2D eigenvalue weighted by atomic mass is 10.1. The molecular weight excluding hydrogens is 340 g/mol. The normalized spacial score (nSPS) is 14.5. The first-order valence-electron chi connectivity index (χ1n) is 8.01. The third-order valence-corrected chi connectivity index (χ3v) is 5.23. The molecule has 1 fully saturated rings. The van der Waals surface area contributed by atoms with E-state index < -0.39 is 0 Å². The number of amides is 2. The molecule has 3 rings (SSSR count). The van der Waals surface area contributed by atoms with E-state index in [2.05, 4.69) is 0 Å². The van der Waals surface area contributed by atoms with Crippen LogP contribution < -0.4 is 4.74 Å². The molecule has 0 spiro atoms. The Hall–Kier alpha value is -2.54. The molecule has 2 amide bonds. The molecule has 1 aliphatic rings. The number of phenols is 1. The van der Waals surface area contributed by atoms with E-state index in [1.165, 1.54) is 24.5 Å². The van der Waals surface area contributed by atoms with Gasteiger partial charge in [0.1, 0.15) is 11.5 Å². The van der Waals surface area contributed by atoms with Gasteiger partial charge < -0.3 is 19.6 Å². The minimum Gasteiger partial charge on any atom is -0.507 e. The Labute approximate surface area is 150 Å². The second kappa shape index (κ2) is 7.14. The van der Waals surface area contributed by atoms with Gasteiger partial charge in [0.05, 0.1) is 17.6 Å². The van der Waals surface area contributed by atoms with Gasteiger partial charge in [0.2, 0.25) is 0 Å². The molecule has 0 saturated carbocycles. The second-order valence-electron chi connectivity index (χ2n) is 5.88. The van der Waals surface area contributed by atoms with Gasteiger partial charge in [-0.25, -0.2) is 0 Å². The first-order valence-corrected chi connectivity index (χ1v) is 8.83. The van der Waals surface area contributed by atoms with Crippen LogP contribution >= 0.6 is 11.3 Å². The number of piperazine rings is 1. The van der Waals surface area contributed by atoms with E-state index in [1.807, 2.05) is 19.1 Å². The molecule has 0 radical (unpaired) electrons. The Bertz CT molecular complexity index is 794. The molecule has 1 N–H and O–H groups in total. The summed E-state index contributed by atoms with van der Waals surface area (Å²) in [7, 11) is 1.50. The summed E-state index contributed by atoms with van der Waals surface area (Å²) in [6.45, 7) is 3.83. The number of methoxy groups -OCH3 is 1. The number of benzene rings is 1. The van der Waals surface area contributed by atoms with Crippen LogP contribution in [0.2, 0.25) is 0 Å². The average Bonchev–Trinajstić information content (AvgIpc) is 3.07. The van der Waals surface area contributed by atoms with E-state index in [1.54, 1.807) is 21.9 Å². The van der Waals surface area contributed by atoms with Gasteiger partial charge in [0.25, 0.3) is 11.8 Å². The zero-order valence-corrected chi connectivity index (χ0v) is 15.0. The molecule has 7 heteroatoms. The average molecular weight is 360 g/mol. The molecule has 1 aromatic carbocycles. The molecule has 0 unspecified atom stereocenters. The van der Waals surface area contributed by atoms with Crippen LogP contribution in [0.4, 0.5) is 0 Å². The highest BCUT2D eigenvalue weighted by Gasteiger charge is 2.27. The number of nitrogens with zero attached hydrogens (tertiary/aromatic N) is 2. The molecule has 1 aromatic heterocycles. The molecule has 1 saturated heterocycles. The SMILES string of the molecule is COc1ccc(C(=O)N2CCN(C(=O)c3ccc(C)s3)CC2)c(O)c1. The van der Waals surface area contributed by atoms with Crippen molar-refractivity contribution in [3.8, 4) is 11.5 Å². The summed E-state index contributed by atoms with van der Waals surface area (Å²) in [6, 6.07) is 8.40. The quantitative estimate of drug-likeness (QED) is 0.912. The van der Waals surface area contributed by atoms with Gasteiger partial charge in [-0.2, -0.15) is 0 Å². The number of hydrogen-bond acceptors (Lipinski definition) is 5. The largest absolute Gasteiger partial charge is 0.507 e. The first kappa shape index (κ1) is 17.3. The maximum absolute atomic E-state index is 12.6. The van der Waals surface area contributed by atoms with Gasteiger partial charge in [-0.15, -0.1) is 11.3 Å². The third kappa shape index (κ3) is 3.61. The van der Waals surface area contributed by atoms with Crippen LogP contribution in [-0.4, -0.2) is 60.0 Å². The van der Waals surface area contributed by atoms with Crippen molar-refractivity contribution in [3.63, 3.8) is 0 Å². The molecule has 0 aliphatic carbocycles. The van der Waals surface area contributed by atoms with Crippen molar-refractivity contribution >= 4 is 23.2 Å². The summed E-state index contributed by atoms with van der Waals surface area (Å²) >= 11 is 1.48. The van der Waals surface area contributed by atoms with Crippen molar-refractivity contribution in [1.29, 1.82) is 0 Å². The molecule has 1 aliphatic heterocycles. The fourth-order valence-corrected chi connectivity index (χ4v) is 3.64. The monoisotopic (exact) mass is 360 g/mol. The maximum Gasteiger partial charge on any atom is 0.264 e. The number of aryl methyl sites for hydroxylation is 1. The topological polar surface area (TPSA) is 70.1 Å². The van der Waals surface area contributed by atoms with E-state index in [0.717, 1.165) is 9.75 Å². The Morgan fingerprint density at radius 1 is 1.04 bits per heavy atom.